The summed E-state index contributed by atoms with van der Waals surface area (Å²) in [6.45, 7) is 7.64. The predicted molar refractivity (Wildman–Crippen MR) is 73.1 cm³/mol. The number of ether oxygens (including phenoxy) is 2. The second-order valence-corrected chi connectivity index (χ2v) is 5.96. The van der Waals surface area contributed by atoms with Crippen LogP contribution >= 0.6 is 0 Å². The van der Waals surface area contributed by atoms with Gasteiger partial charge in [0.05, 0.1) is 23.3 Å². The highest BCUT2D eigenvalue weighted by Gasteiger charge is 2.53. The first-order valence-electron chi connectivity index (χ1n) is 7.12. The zero-order chi connectivity index (χ0) is 15.5. The Labute approximate surface area is 123 Å². The van der Waals surface area contributed by atoms with Crippen molar-refractivity contribution in [3.8, 4) is 0 Å². The Morgan fingerprint density at radius 3 is 1.62 bits per heavy atom. The summed E-state index contributed by atoms with van der Waals surface area (Å²) >= 11 is 0. The number of rotatable bonds is 4. The van der Waals surface area contributed by atoms with Gasteiger partial charge in [-0.1, -0.05) is 0 Å². The van der Waals surface area contributed by atoms with Crippen molar-refractivity contribution in [3.63, 3.8) is 0 Å². The van der Waals surface area contributed by atoms with E-state index >= 15 is 0 Å². The minimum atomic E-state index is -0.468. The highest BCUT2D eigenvalue weighted by Crippen LogP contribution is 2.51. The highest BCUT2D eigenvalue weighted by atomic mass is 16.6. The number of nitrogens with zero attached hydrogens (tertiary/aromatic N) is 1. The number of imide groups is 1. The quantitative estimate of drug-likeness (QED) is 0.798. The molecule has 0 saturated heterocycles. The first-order valence-corrected chi connectivity index (χ1v) is 7.12. The van der Waals surface area contributed by atoms with Crippen molar-refractivity contribution in [2.24, 2.45) is 0 Å². The molecule has 0 N–H and O–H groups in total. The molecule has 2 atom stereocenters. The van der Waals surface area contributed by atoms with Gasteiger partial charge in [0.1, 0.15) is 23.7 Å². The molecule has 0 fully saturated rings. The maximum absolute atomic E-state index is 12.2. The third-order valence-corrected chi connectivity index (χ3v) is 3.63. The zero-order valence-electron chi connectivity index (χ0n) is 12.8. The standard InChI is InChI=1S/C15H19NO5/c1-6(2)19-12-10-8-9(15(18)16(5)14(8)17)11(21-10)13(12)20-7(3)4/h6-7,12-13H,1-5H3. The van der Waals surface area contributed by atoms with E-state index < -0.39 is 12.2 Å². The van der Waals surface area contributed by atoms with E-state index in [9.17, 15) is 9.59 Å². The van der Waals surface area contributed by atoms with Crippen LogP contribution in [0.15, 0.2) is 4.42 Å². The van der Waals surface area contributed by atoms with Crippen molar-refractivity contribution in [3.05, 3.63) is 22.6 Å². The van der Waals surface area contributed by atoms with Crippen LogP contribution in [0.3, 0.4) is 0 Å². The molecule has 2 amide bonds. The van der Waals surface area contributed by atoms with Gasteiger partial charge < -0.3 is 13.9 Å². The van der Waals surface area contributed by atoms with Gasteiger partial charge in [-0.2, -0.15) is 0 Å². The fourth-order valence-electron chi connectivity index (χ4n) is 2.85. The Morgan fingerprint density at radius 1 is 0.905 bits per heavy atom. The second kappa shape index (κ2) is 4.68. The third kappa shape index (κ3) is 1.93. The summed E-state index contributed by atoms with van der Waals surface area (Å²) in [4.78, 5) is 25.5. The summed E-state index contributed by atoms with van der Waals surface area (Å²) in [5.74, 6) is 0.171. The Kier molecular flexibility index (Phi) is 3.18. The van der Waals surface area contributed by atoms with Crippen molar-refractivity contribution < 1.29 is 23.5 Å². The molecule has 0 spiro atoms. The average molecular weight is 293 g/mol. The van der Waals surface area contributed by atoms with Crippen LogP contribution in [-0.4, -0.2) is 36.0 Å². The van der Waals surface area contributed by atoms with Crippen molar-refractivity contribution >= 4 is 11.8 Å². The van der Waals surface area contributed by atoms with Gasteiger partial charge in [-0.05, 0) is 27.7 Å². The van der Waals surface area contributed by atoms with Crippen molar-refractivity contribution in [1.82, 2.24) is 4.90 Å². The van der Waals surface area contributed by atoms with Gasteiger partial charge in [0.15, 0.2) is 0 Å². The van der Waals surface area contributed by atoms with E-state index in [2.05, 4.69) is 0 Å². The van der Waals surface area contributed by atoms with E-state index in [0.717, 1.165) is 4.90 Å². The summed E-state index contributed by atoms with van der Waals surface area (Å²) < 4.78 is 17.4. The van der Waals surface area contributed by atoms with Crippen LogP contribution in [0.25, 0.3) is 0 Å². The molecule has 2 bridgehead atoms. The fourth-order valence-corrected chi connectivity index (χ4v) is 2.85. The molecule has 6 heteroatoms. The van der Waals surface area contributed by atoms with Gasteiger partial charge in [-0.25, -0.2) is 0 Å². The minimum Gasteiger partial charge on any atom is -0.459 e. The van der Waals surface area contributed by atoms with Crippen LogP contribution in [0, 0.1) is 0 Å². The SMILES string of the molecule is CC(C)OC1c2oc(c3c2C(=O)N(C)C3=O)C1OC(C)C. The topological polar surface area (TPSA) is 69.0 Å². The van der Waals surface area contributed by atoms with E-state index in [-0.39, 0.29) is 24.0 Å². The van der Waals surface area contributed by atoms with E-state index in [1.165, 1.54) is 7.05 Å². The lowest BCUT2D eigenvalue weighted by atomic mass is 9.95. The molecule has 2 aliphatic rings. The van der Waals surface area contributed by atoms with Gasteiger partial charge in [0.2, 0.25) is 0 Å². The summed E-state index contributed by atoms with van der Waals surface area (Å²) in [6.07, 6.45) is -1.02. The summed E-state index contributed by atoms with van der Waals surface area (Å²) in [7, 11) is 1.47. The Morgan fingerprint density at radius 2 is 1.29 bits per heavy atom. The first kappa shape index (κ1) is 14.3. The molecule has 2 unspecified atom stereocenters. The van der Waals surface area contributed by atoms with Crippen molar-refractivity contribution in [2.45, 2.75) is 52.1 Å². The number of furan rings is 1. The highest BCUT2D eigenvalue weighted by molar-refractivity contribution is 6.22. The van der Waals surface area contributed by atoms with Gasteiger partial charge >= 0.3 is 0 Å². The number of amides is 2. The molecule has 0 saturated carbocycles. The summed E-state index contributed by atoms with van der Waals surface area (Å²) in [6, 6.07) is 0. The van der Waals surface area contributed by atoms with Gasteiger partial charge in [0.25, 0.3) is 11.8 Å². The Hall–Kier alpha value is -1.66. The molecule has 1 aromatic heterocycles. The number of hydrogen-bond acceptors (Lipinski definition) is 5. The molecule has 1 aromatic rings. The largest absolute Gasteiger partial charge is 0.459 e. The molecule has 2 aliphatic heterocycles. The van der Waals surface area contributed by atoms with Crippen LogP contribution in [-0.2, 0) is 9.47 Å². The number of carbonyl (C=O) groups is 2. The lowest BCUT2D eigenvalue weighted by Crippen LogP contribution is -2.25. The lowest BCUT2D eigenvalue weighted by Gasteiger charge is -2.25. The molecular weight excluding hydrogens is 274 g/mol. The number of carbonyl (C=O) groups excluding carboxylic acids is 2. The lowest BCUT2D eigenvalue weighted by molar-refractivity contribution is -0.111. The summed E-state index contributed by atoms with van der Waals surface area (Å²) in [5.41, 5.74) is 0.679. The van der Waals surface area contributed by atoms with Crippen LogP contribution < -0.4 is 0 Å². The molecule has 3 rings (SSSR count). The third-order valence-electron chi connectivity index (χ3n) is 3.63. The molecule has 0 aliphatic carbocycles. The maximum Gasteiger partial charge on any atom is 0.264 e. The van der Waals surface area contributed by atoms with Crippen LogP contribution in [0.2, 0.25) is 0 Å². The second-order valence-electron chi connectivity index (χ2n) is 5.96. The van der Waals surface area contributed by atoms with E-state index in [4.69, 9.17) is 13.9 Å². The Bertz CT molecular complexity index is 565. The molecule has 0 aromatic carbocycles. The number of fused-ring (bicyclic) bond motifs is 5. The fraction of sp³-hybridized carbons (Fsp3) is 0.600. The molecule has 114 valence electrons. The van der Waals surface area contributed by atoms with Crippen LogP contribution in [0.5, 0.6) is 0 Å². The predicted octanol–water partition coefficient (Wildman–Crippen LogP) is 2.45. The Balaban J connectivity index is 2.07. The first-order chi connectivity index (χ1) is 9.82. The molecule has 6 nitrogen and oxygen atoms in total. The molecular formula is C15H19NO5. The van der Waals surface area contributed by atoms with Crippen LogP contribution in [0.1, 0.15) is 72.1 Å². The normalized spacial score (nSPS) is 23.9. The maximum atomic E-state index is 12.2. The molecule has 3 heterocycles. The minimum absolute atomic E-state index is 0.0432. The van der Waals surface area contributed by atoms with Gasteiger partial charge in [-0.15, -0.1) is 0 Å². The van der Waals surface area contributed by atoms with Gasteiger partial charge in [0, 0.05) is 7.05 Å². The van der Waals surface area contributed by atoms with Crippen LogP contribution in [0.4, 0.5) is 0 Å². The summed E-state index contributed by atoms with van der Waals surface area (Å²) in [5, 5.41) is 0. The van der Waals surface area contributed by atoms with E-state index in [1.807, 2.05) is 27.7 Å². The van der Waals surface area contributed by atoms with Gasteiger partial charge in [-0.3, -0.25) is 14.5 Å². The van der Waals surface area contributed by atoms with E-state index in [1.54, 1.807) is 0 Å². The van der Waals surface area contributed by atoms with Crippen molar-refractivity contribution in [2.75, 3.05) is 7.05 Å². The van der Waals surface area contributed by atoms with E-state index in [0.29, 0.717) is 22.6 Å². The zero-order valence-corrected chi connectivity index (χ0v) is 12.8. The monoisotopic (exact) mass is 293 g/mol. The smallest absolute Gasteiger partial charge is 0.264 e. The van der Waals surface area contributed by atoms with Crippen molar-refractivity contribution in [1.29, 1.82) is 0 Å². The average Bonchev–Trinajstić information content (AvgIpc) is 2.98. The molecule has 21 heavy (non-hydrogen) atoms. The number of hydrogen-bond donors (Lipinski definition) is 0. The molecule has 0 radical (unpaired) electrons.